The Balaban J connectivity index is 1.75. The number of esters is 1. The van der Waals surface area contributed by atoms with Crippen molar-refractivity contribution in [3.63, 3.8) is 0 Å². The predicted molar refractivity (Wildman–Crippen MR) is 93.9 cm³/mol. The van der Waals surface area contributed by atoms with Crippen LogP contribution in [0.4, 0.5) is 0 Å². The second-order valence-electron chi connectivity index (χ2n) is 7.19. The van der Waals surface area contributed by atoms with E-state index >= 15 is 0 Å². The molecule has 0 aliphatic heterocycles. The number of ether oxygens (including phenoxy) is 1. The van der Waals surface area contributed by atoms with Crippen LogP contribution < -0.4 is 0 Å². The molecule has 130 valence electrons. The van der Waals surface area contributed by atoms with E-state index in [2.05, 4.69) is 11.7 Å². The van der Waals surface area contributed by atoms with E-state index in [1.54, 1.807) is 0 Å². The van der Waals surface area contributed by atoms with Crippen LogP contribution in [0.15, 0.2) is 0 Å². The topological polar surface area (TPSA) is 26.3 Å². The first-order valence-corrected chi connectivity index (χ1v) is 9.84. The van der Waals surface area contributed by atoms with Gasteiger partial charge in [0.15, 0.2) is 0 Å². The molecule has 0 aromatic carbocycles. The summed E-state index contributed by atoms with van der Waals surface area (Å²) in [7, 11) is 1.47. The first-order valence-electron chi connectivity index (χ1n) is 9.84. The average Bonchev–Trinajstić information content (AvgIpc) is 3.28. The van der Waals surface area contributed by atoms with Crippen LogP contribution in [0.5, 0.6) is 0 Å². The lowest BCUT2D eigenvalue weighted by atomic mass is 10.0. The summed E-state index contributed by atoms with van der Waals surface area (Å²) in [5.74, 6) is 2.12. The van der Waals surface area contributed by atoms with Gasteiger partial charge in [0.05, 0.1) is 7.11 Å². The Morgan fingerprint density at radius 1 is 0.818 bits per heavy atom. The van der Waals surface area contributed by atoms with E-state index < -0.39 is 0 Å². The minimum atomic E-state index is -0.0614. The molecular formula is C20H38O2. The fourth-order valence-electron chi connectivity index (χ4n) is 3.51. The second-order valence-corrected chi connectivity index (χ2v) is 7.19. The normalized spacial score (nSPS) is 20.1. The first-order chi connectivity index (χ1) is 10.8. The molecule has 0 N–H and O–H groups in total. The number of rotatable bonds is 15. The fourth-order valence-corrected chi connectivity index (χ4v) is 3.51. The quantitative estimate of drug-likeness (QED) is 0.263. The van der Waals surface area contributed by atoms with E-state index in [-0.39, 0.29) is 5.97 Å². The third-order valence-corrected chi connectivity index (χ3v) is 5.18. The summed E-state index contributed by atoms with van der Waals surface area (Å²) in [5.41, 5.74) is 0. The molecule has 0 amide bonds. The molecular weight excluding hydrogens is 272 g/mol. The van der Waals surface area contributed by atoms with Crippen LogP contribution >= 0.6 is 0 Å². The monoisotopic (exact) mass is 310 g/mol. The Morgan fingerprint density at radius 2 is 1.32 bits per heavy atom. The van der Waals surface area contributed by atoms with E-state index in [4.69, 9.17) is 0 Å². The number of methoxy groups -OCH3 is 1. The lowest BCUT2D eigenvalue weighted by Gasteiger charge is -2.03. The molecule has 0 spiro atoms. The van der Waals surface area contributed by atoms with E-state index in [0.717, 1.165) is 18.3 Å². The van der Waals surface area contributed by atoms with Crippen LogP contribution in [0.3, 0.4) is 0 Å². The molecule has 0 bridgehead atoms. The van der Waals surface area contributed by atoms with Crippen molar-refractivity contribution in [2.24, 2.45) is 11.8 Å². The molecule has 1 aliphatic carbocycles. The first kappa shape index (κ1) is 19.5. The number of carbonyl (C=O) groups is 1. The van der Waals surface area contributed by atoms with Crippen LogP contribution in [-0.4, -0.2) is 13.1 Å². The van der Waals surface area contributed by atoms with Crippen molar-refractivity contribution in [3.05, 3.63) is 0 Å². The van der Waals surface area contributed by atoms with Crippen molar-refractivity contribution >= 4 is 5.97 Å². The number of carbonyl (C=O) groups excluding carboxylic acids is 1. The van der Waals surface area contributed by atoms with E-state index in [1.165, 1.54) is 90.6 Å². The third kappa shape index (κ3) is 10.2. The maximum absolute atomic E-state index is 11.0. The van der Waals surface area contributed by atoms with Crippen LogP contribution in [0.1, 0.15) is 103 Å². The summed E-state index contributed by atoms with van der Waals surface area (Å²) in [4.78, 5) is 11.0. The Hall–Kier alpha value is -0.530. The van der Waals surface area contributed by atoms with Gasteiger partial charge < -0.3 is 4.74 Å². The van der Waals surface area contributed by atoms with Crippen molar-refractivity contribution in [2.45, 2.75) is 103 Å². The molecule has 2 nitrogen and oxygen atoms in total. The Labute approximate surface area is 138 Å². The Morgan fingerprint density at radius 3 is 1.86 bits per heavy atom. The zero-order chi connectivity index (χ0) is 16.0. The molecule has 1 aliphatic rings. The van der Waals surface area contributed by atoms with Gasteiger partial charge in [-0.05, 0) is 24.7 Å². The molecule has 2 heteroatoms. The van der Waals surface area contributed by atoms with Crippen LogP contribution in [0.2, 0.25) is 0 Å². The second kappa shape index (κ2) is 13.0. The maximum atomic E-state index is 11.0. The van der Waals surface area contributed by atoms with Gasteiger partial charge in [-0.25, -0.2) is 0 Å². The maximum Gasteiger partial charge on any atom is 0.305 e. The van der Waals surface area contributed by atoms with Crippen LogP contribution in [-0.2, 0) is 9.53 Å². The fraction of sp³-hybridized carbons (Fsp3) is 0.950. The number of hydrogen-bond donors (Lipinski definition) is 0. The van der Waals surface area contributed by atoms with Crippen molar-refractivity contribution in [3.8, 4) is 0 Å². The molecule has 0 aromatic heterocycles. The van der Waals surface area contributed by atoms with Crippen molar-refractivity contribution < 1.29 is 9.53 Å². The molecule has 0 heterocycles. The SMILES string of the molecule is CCCCCCC1CC1CCCCCCCCCC(=O)OC. The highest BCUT2D eigenvalue weighted by atomic mass is 16.5. The van der Waals surface area contributed by atoms with Gasteiger partial charge in [-0.2, -0.15) is 0 Å². The summed E-state index contributed by atoms with van der Waals surface area (Å²) in [6.45, 7) is 2.29. The van der Waals surface area contributed by atoms with E-state index in [0.29, 0.717) is 6.42 Å². The van der Waals surface area contributed by atoms with Crippen molar-refractivity contribution in [1.82, 2.24) is 0 Å². The highest BCUT2D eigenvalue weighted by Crippen LogP contribution is 2.45. The largest absolute Gasteiger partial charge is 0.469 e. The van der Waals surface area contributed by atoms with E-state index in [9.17, 15) is 4.79 Å². The summed E-state index contributed by atoms with van der Waals surface area (Å²) in [6.07, 6.45) is 19.9. The highest BCUT2D eigenvalue weighted by molar-refractivity contribution is 5.68. The van der Waals surface area contributed by atoms with Gasteiger partial charge in [0.1, 0.15) is 0 Å². The Kier molecular flexibility index (Phi) is 11.5. The van der Waals surface area contributed by atoms with Gasteiger partial charge in [0, 0.05) is 6.42 Å². The molecule has 22 heavy (non-hydrogen) atoms. The summed E-state index contributed by atoms with van der Waals surface area (Å²) in [6, 6.07) is 0. The smallest absolute Gasteiger partial charge is 0.305 e. The average molecular weight is 311 g/mol. The van der Waals surface area contributed by atoms with Gasteiger partial charge in [0.2, 0.25) is 0 Å². The molecule has 1 saturated carbocycles. The minimum Gasteiger partial charge on any atom is -0.469 e. The Bertz CT molecular complexity index is 275. The summed E-state index contributed by atoms with van der Waals surface area (Å²) >= 11 is 0. The zero-order valence-corrected chi connectivity index (χ0v) is 15.1. The van der Waals surface area contributed by atoms with Gasteiger partial charge >= 0.3 is 5.97 Å². The third-order valence-electron chi connectivity index (χ3n) is 5.18. The lowest BCUT2D eigenvalue weighted by Crippen LogP contribution is -1.99. The summed E-state index contributed by atoms with van der Waals surface area (Å²) in [5, 5.41) is 0. The summed E-state index contributed by atoms with van der Waals surface area (Å²) < 4.78 is 4.64. The number of hydrogen-bond acceptors (Lipinski definition) is 2. The van der Waals surface area contributed by atoms with E-state index in [1.807, 2.05) is 0 Å². The standard InChI is InChI=1S/C20H38O2/c1-3-4-5-11-14-18-17-19(18)15-12-9-7-6-8-10-13-16-20(21)22-2/h18-19H,3-17H2,1-2H3. The van der Waals surface area contributed by atoms with Crippen molar-refractivity contribution in [1.29, 1.82) is 0 Å². The highest BCUT2D eigenvalue weighted by Gasteiger charge is 2.34. The molecule has 0 saturated heterocycles. The molecule has 2 atom stereocenters. The van der Waals surface area contributed by atoms with Gasteiger partial charge in [0.25, 0.3) is 0 Å². The molecule has 0 aromatic rings. The van der Waals surface area contributed by atoms with Crippen LogP contribution in [0, 0.1) is 11.8 Å². The van der Waals surface area contributed by atoms with Crippen LogP contribution in [0.25, 0.3) is 0 Å². The lowest BCUT2D eigenvalue weighted by molar-refractivity contribution is -0.140. The van der Waals surface area contributed by atoms with Crippen molar-refractivity contribution in [2.75, 3.05) is 7.11 Å². The predicted octanol–water partition coefficient (Wildman–Crippen LogP) is 6.28. The van der Waals surface area contributed by atoms with Gasteiger partial charge in [-0.1, -0.05) is 84.0 Å². The molecule has 1 fully saturated rings. The molecule has 0 radical (unpaired) electrons. The number of unbranched alkanes of at least 4 members (excludes halogenated alkanes) is 9. The zero-order valence-electron chi connectivity index (χ0n) is 15.1. The molecule has 1 rings (SSSR count). The van der Waals surface area contributed by atoms with Gasteiger partial charge in [-0.3, -0.25) is 4.79 Å². The molecule has 2 unspecified atom stereocenters. The minimum absolute atomic E-state index is 0.0614. The van der Waals surface area contributed by atoms with Gasteiger partial charge in [-0.15, -0.1) is 0 Å².